The summed E-state index contributed by atoms with van der Waals surface area (Å²) in [7, 11) is 0. The minimum atomic E-state index is -0.714. The zero-order chi connectivity index (χ0) is 19.9. The van der Waals surface area contributed by atoms with Gasteiger partial charge < -0.3 is 0 Å². The average molecular weight is 388 g/mol. The predicted molar refractivity (Wildman–Crippen MR) is 110 cm³/mol. The molecule has 28 heavy (non-hydrogen) atoms. The highest BCUT2D eigenvalue weighted by Gasteiger charge is 2.26. The van der Waals surface area contributed by atoms with Crippen molar-refractivity contribution in [3.05, 3.63) is 34.9 Å². The number of halogens is 2. The molecule has 0 aromatic heterocycles. The highest BCUT2D eigenvalue weighted by molar-refractivity contribution is 5.36. The van der Waals surface area contributed by atoms with Crippen LogP contribution in [0.25, 0.3) is 0 Å². The van der Waals surface area contributed by atoms with Crippen LogP contribution in [0.1, 0.15) is 107 Å². The number of rotatable bonds is 7. The summed E-state index contributed by atoms with van der Waals surface area (Å²) in [4.78, 5) is 0. The molecule has 3 rings (SSSR count). The fourth-order valence-electron chi connectivity index (χ4n) is 5.49. The highest BCUT2D eigenvalue weighted by Crippen LogP contribution is 2.40. The summed E-state index contributed by atoms with van der Waals surface area (Å²) in [6.45, 7) is 2.29. The molecule has 1 aromatic rings. The van der Waals surface area contributed by atoms with E-state index >= 15 is 0 Å². The SMILES string of the molecule is CCCC[C@H]1CC[C@H](CCC2CCC(c3cc(F)c(C#N)c(F)c3)CC2)CC1. The van der Waals surface area contributed by atoms with Gasteiger partial charge in [-0.05, 0) is 67.1 Å². The Labute approximate surface area is 169 Å². The van der Waals surface area contributed by atoms with Gasteiger partial charge in [-0.3, -0.25) is 0 Å². The molecular formula is C25H35F2N. The molecule has 2 aliphatic rings. The van der Waals surface area contributed by atoms with Crippen LogP contribution in [-0.2, 0) is 0 Å². The van der Waals surface area contributed by atoms with E-state index < -0.39 is 17.2 Å². The Morgan fingerprint density at radius 3 is 1.75 bits per heavy atom. The molecule has 0 N–H and O–H groups in total. The maximum absolute atomic E-state index is 13.9. The molecule has 1 aromatic carbocycles. The fourth-order valence-corrected chi connectivity index (χ4v) is 5.49. The van der Waals surface area contributed by atoms with E-state index in [1.54, 1.807) is 6.07 Å². The summed E-state index contributed by atoms with van der Waals surface area (Å²) >= 11 is 0. The van der Waals surface area contributed by atoms with Crippen LogP contribution >= 0.6 is 0 Å². The monoisotopic (exact) mass is 387 g/mol. The van der Waals surface area contributed by atoms with Crippen molar-refractivity contribution in [1.82, 2.24) is 0 Å². The number of benzene rings is 1. The normalized spacial score (nSPS) is 28.1. The van der Waals surface area contributed by atoms with Crippen molar-refractivity contribution >= 4 is 0 Å². The first-order valence-electron chi connectivity index (χ1n) is 11.5. The third kappa shape index (κ3) is 5.56. The van der Waals surface area contributed by atoms with Crippen molar-refractivity contribution in [2.45, 2.75) is 96.3 Å². The quantitative estimate of drug-likeness (QED) is 0.466. The third-order valence-corrected chi connectivity index (χ3v) is 7.41. The van der Waals surface area contributed by atoms with E-state index in [1.807, 2.05) is 0 Å². The molecule has 0 heterocycles. The Hall–Kier alpha value is -1.43. The second kappa shape index (κ2) is 10.4. The predicted octanol–water partition coefficient (Wildman–Crippen LogP) is 7.89. The maximum atomic E-state index is 13.9. The van der Waals surface area contributed by atoms with Crippen LogP contribution in [0.2, 0.25) is 0 Å². The topological polar surface area (TPSA) is 23.8 Å². The number of hydrogen-bond donors (Lipinski definition) is 0. The third-order valence-electron chi connectivity index (χ3n) is 7.41. The van der Waals surface area contributed by atoms with E-state index in [1.165, 1.54) is 82.8 Å². The van der Waals surface area contributed by atoms with Crippen molar-refractivity contribution in [1.29, 1.82) is 5.26 Å². The van der Waals surface area contributed by atoms with Crippen molar-refractivity contribution in [2.24, 2.45) is 17.8 Å². The lowest BCUT2D eigenvalue weighted by molar-refractivity contribution is 0.222. The van der Waals surface area contributed by atoms with E-state index in [0.29, 0.717) is 0 Å². The fraction of sp³-hybridized carbons (Fsp3) is 0.720. The standard InChI is InChI=1S/C25H35F2N/c1-2-3-4-18-5-7-19(8-6-18)9-10-20-11-13-21(14-12-20)22-15-24(26)23(17-28)25(27)16-22/h15-16,18-21H,2-14H2,1H3/t18-,19-,20?,21?. The van der Waals surface area contributed by atoms with Gasteiger partial charge in [0.1, 0.15) is 23.3 Å². The van der Waals surface area contributed by atoms with E-state index in [2.05, 4.69) is 6.92 Å². The molecule has 1 nitrogen and oxygen atoms in total. The number of nitrogens with zero attached hydrogens (tertiary/aromatic N) is 1. The first-order chi connectivity index (χ1) is 13.6. The second-order valence-electron chi connectivity index (χ2n) is 9.30. The summed E-state index contributed by atoms with van der Waals surface area (Å²) < 4.78 is 27.8. The molecule has 0 unspecified atom stereocenters. The lowest BCUT2D eigenvalue weighted by Crippen LogP contribution is -2.18. The molecule has 3 heteroatoms. The van der Waals surface area contributed by atoms with Crippen molar-refractivity contribution in [3.63, 3.8) is 0 Å². The van der Waals surface area contributed by atoms with Crippen LogP contribution in [0.15, 0.2) is 12.1 Å². The molecule has 0 saturated heterocycles. The van der Waals surface area contributed by atoms with Gasteiger partial charge in [0.15, 0.2) is 0 Å². The van der Waals surface area contributed by atoms with Crippen LogP contribution in [0.3, 0.4) is 0 Å². The van der Waals surface area contributed by atoms with E-state index in [4.69, 9.17) is 5.26 Å². The molecule has 2 saturated carbocycles. The molecule has 0 radical (unpaired) electrons. The zero-order valence-corrected chi connectivity index (χ0v) is 17.4. The van der Waals surface area contributed by atoms with Crippen molar-refractivity contribution in [2.75, 3.05) is 0 Å². The van der Waals surface area contributed by atoms with Crippen LogP contribution in [0.5, 0.6) is 0 Å². The highest BCUT2D eigenvalue weighted by atomic mass is 19.1. The van der Waals surface area contributed by atoms with Crippen LogP contribution in [-0.4, -0.2) is 0 Å². The molecular weight excluding hydrogens is 352 g/mol. The molecule has 2 fully saturated rings. The molecule has 0 atom stereocenters. The molecule has 0 aliphatic heterocycles. The molecule has 0 bridgehead atoms. The van der Waals surface area contributed by atoms with E-state index in [9.17, 15) is 8.78 Å². The second-order valence-corrected chi connectivity index (χ2v) is 9.30. The number of unbranched alkanes of at least 4 members (excludes halogenated alkanes) is 1. The molecule has 2 aliphatic carbocycles. The minimum Gasteiger partial charge on any atom is -0.205 e. The van der Waals surface area contributed by atoms with Gasteiger partial charge in [-0.2, -0.15) is 5.26 Å². The summed E-state index contributed by atoms with van der Waals surface area (Å²) in [6, 6.07) is 4.37. The smallest absolute Gasteiger partial charge is 0.144 e. The minimum absolute atomic E-state index is 0.238. The zero-order valence-electron chi connectivity index (χ0n) is 17.4. The maximum Gasteiger partial charge on any atom is 0.144 e. The van der Waals surface area contributed by atoms with E-state index in [0.717, 1.165) is 36.2 Å². The van der Waals surface area contributed by atoms with Gasteiger partial charge in [0.25, 0.3) is 0 Å². The molecule has 0 amide bonds. The largest absolute Gasteiger partial charge is 0.205 e. The van der Waals surface area contributed by atoms with Gasteiger partial charge in [-0.15, -0.1) is 0 Å². The molecule has 0 spiro atoms. The first kappa shape index (κ1) is 21.3. The Bertz CT molecular complexity index is 639. The lowest BCUT2D eigenvalue weighted by atomic mass is 9.74. The number of hydrogen-bond acceptors (Lipinski definition) is 1. The van der Waals surface area contributed by atoms with Gasteiger partial charge in [-0.1, -0.05) is 64.7 Å². The lowest BCUT2D eigenvalue weighted by Gasteiger charge is -2.32. The Morgan fingerprint density at radius 1 is 0.821 bits per heavy atom. The average Bonchev–Trinajstić information content (AvgIpc) is 2.71. The van der Waals surface area contributed by atoms with Crippen LogP contribution < -0.4 is 0 Å². The van der Waals surface area contributed by atoms with Crippen LogP contribution in [0.4, 0.5) is 8.78 Å². The Morgan fingerprint density at radius 2 is 1.29 bits per heavy atom. The van der Waals surface area contributed by atoms with E-state index in [-0.39, 0.29) is 5.92 Å². The van der Waals surface area contributed by atoms with Gasteiger partial charge >= 0.3 is 0 Å². The first-order valence-corrected chi connectivity index (χ1v) is 11.5. The van der Waals surface area contributed by atoms with Gasteiger partial charge in [0, 0.05) is 0 Å². The van der Waals surface area contributed by atoms with Gasteiger partial charge in [-0.25, -0.2) is 8.78 Å². The van der Waals surface area contributed by atoms with Crippen LogP contribution in [0, 0.1) is 40.7 Å². The van der Waals surface area contributed by atoms with Gasteiger partial charge in [0.2, 0.25) is 0 Å². The summed E-state index contributed by atoms with van der Waals surface area (Å²) in [5.74, 6) is 1.50. The van der Waals surface area contributed by atoms with Crippen molar-refractivity contribution in [3.8, 4) is 6.07 Å². The Balaban J connectivity index is 1.40. The number of nitriles is 1. The molecule has 154 valence electrons. The Kier molecular flexibility index (Phi) is 7.89. The summed E-state index contributed by atoms with van der Waals surface area (Å²) in [6.07, 6.45) is 16.9. The summed E-state index contributed by atoms with van der Waals surface area (Å²) in [5, 5.41) is 8.82. The summed E-state index contributed by atoms with van der Waals surface area (Å²) in [5.41, 5.74) is 0.278. The van der Waals surface area contributed by atoms with Gasteiger partial charge in [0.05, 0.1) is 0 Å². The van der Waals surface area contributed by atoms with Crippen molar-refractivity contribution < 1.29 is 8.78 Å².